The number of halogens is 1. The van der Waals surface area contributed by atoms with E-state index in [-0.39, 0.29) is 0 Å². The molecule has 2 N–H and O–H groups in total. The molecule has 0 aliphatic carbocycles. The third-order valence-electron chi connectivity index (χ3n) is 4.11. The minimum Gasteiger partial charge on any atom is -0.359 e. The molecular weight excluding hydrogens is 390 g/mol. The van der Waals surface area contributed by atoms with E-state index in [0.717, 1.165) is 15.7 Å². The van der Waals surface area contributed by atoms with Crippen molar-refractivity contribution in [2.75, 3.05) is 5.32 Å². The molecule has 5 heteroatoms. The number of anilines is 1. The molecule has 1 unspecified atom stereocenters. The first-order valence-electron chi connectivity index (χ1n) is 8.20. The van der Waals surface area contributed by atoms with Gasteiger partial charge in [-0.05, 0) is 18.2 Å². The summed E-state index contributed by atoms with van der Waals surface area (Å²) in [6, 6.07) is 26.7. The van der Waals surface area contributed by atoms with Crippen LogP contribution in [0.15, 0.2) is 99.4 Å². The number of hydrogen-bond acceptors (Lipinski definition) is 4. The highest BCUT2D eigenvalue weighted by molar-refractivity contribution is 9.10. The van der Waals surface area contributed by atoms with Gasteiger partial charge in [-0.25, -0.2) is 9.98 Å². The lowest BCUT2D eigenvalue weighted by molar-refractivity contribution is 0.125. The molecule has 128 valence electrons. The zero-order valence-corrected chi connectivity index (χ0v) is 15.4. The quantitative estimate of drug-likeness (QED) is 0.670. The first kappa shape index (κ1) is 16.7. The smallest absolute Gasteiger partial charge is 0.244 e. The van der Waals surface area contributed by atoms with Crippen LogP contribution in [0.4, 0.5) is 5.69 Å². The molecule has 3 aromatic carbocycles. The van der Waals surface area contributed by atoms with Crippen molar-refractivity contribution in [3.63, 3.8) is 0 Å². The predicted molar refractivity (Wildman–Crippen MR) is 109 cm³/mol. The minimum absolute atomic E-state index is 0.376. The van der Waals surface area contributed by atoms with Crippen LogP contribution >= 0.6 is 15.9 Å². The molecule has 0 bridgehead atoms. The van der Waals surface area contributed by atoms with Crippen molar-refractivity contribution >= 4 is 33.3 Å². The van der Waals surface area contributed by atoms with Crippen molar-refractivity contribution in [1.82, 2.24) is 0 Å². The fourth-order valence-electron chi connectivity index (χ4n) is 2.82. The molecule has 4 nitrogen and oxygen atoms in total. The van der Waals surface area contributed by atoms with Crippen molar-refractivity contribution in [3.8, 4) is 0 Å². The molecule has 1 aliphatic rings. The number of nitrogens with zero attached hydrogens (tertiary/aromatic N) is 2. The van der Waals surface area contributed by atoms with Crippen LogP contribution in [0.1, 0.15) is 11.1 Å². The standard InChI is InChI=1S/C21H16BrN3O/c22-17-12-7-13-18(14-17)23-20-21(26,16-10-5-2-6-11-16)25-19(24-20)15-8-3-1-4-9-15/h1-14,26H,(H,23,24,25). The van der Waals surface area contributed by atoms with E-state index in [1.807, 2.05) is 84.9 Å². The van der Waals surface area contributed by atoms with Crippen molar-refractivity contribution in [2.45, 2.75) is 5.72 Å². The molecule has 0 spiro atoms. The molecule has 1 atom stereocenters. The largest absolute Gasteiger partial charge is 0.359 e. The van der Waals surface area contributed by atoms with Gasteiger partial charge in [0.1, 0.15) is 0 Å². The van der Waals surface area contributed by atoms with Crippen LogP contribution in [-0.2, 0) is 5.72 Å². The Balaban J connectivity index is 1.78. The zero-order chi connectivity index (χ0) is 18.0. The summed E-state index contributed by atoms with van der Waals surface area (Å²) >= 11 is 3.46. The van der Waals surface area contributed by atoms with E-state index in [9.17, 15) is 5.11 Å². The average Bonchev–Trinajstić information content (AvgIpc) is 3.01. The summed E-state index contributed by atoms with van der Waals surface area (Å²) in [5, 5.41) is 14.6. The zero-order valence-electron chi connectivity index (χ0n) is 13.8. The Hall–Kier alpha value is -2.76. The second-order valence-corrected chi connectivity index (χ2v) is 6.85. The number of benzene rings is 3. The summed E-state index contributed by atoms with van der Waals surface area (Å²) in [5.41, 5.74) is 0.770. The first-order chi connectivity index (χ1) is 12.6. The van der Waals surface area contributed by atoms with Crippen molar-refractivity contribution in [3.05, 3.63) is 101 Å². The molecule has 0 amide bonds. The summed E-state index contributed by atoms with van der Waals surface area (Å²) in [7, 11) is 0. The summed E-state index contributed by atoms with van der Waals surface area (Å²) in [5.74, 6) is 0.870. The summed E-state index contributed by atoms with van der Waals surface area (Å²) < 4.78 is 0.938. The molecule has 0 radical (unpaired) electrons. The SMILES string of the molecule is OC1(c2ccccc2)N=C(c2ccccc2)N=C1Nc1cccc(Br)c1. The van der Waals surface area contributed by atoms with E-state index < -0.39 is 5.72 Å². The van der Waals surface area contributed by atoms with Gasteiger partial charge in [0.15, 0.2) is 11.7 Å². The number of rotatable bonds is 3. The Morgan fingerprint density at radius 2 is 1.54 bits per heavy atom. The van der Waals surface area contributed by atoms with Gasteiger partial charge in [-0.15, -0.1) is 0 Å². The summed E-state index contributed by atoms with van der Waals surface area (Å²) in [6.45, 7) is 0. The third-order valence-corrected chi connectivity index (χ3v) is 4.60. The molecule has 0 aromatic heterocycles. The Kier molecular flexibility index (Phi) is 4.41. The number of hydrogen-bond donors (Lipinski definition) is 2. The van der Waals surface area contributed by atoms with E-state index in [1.165, 1.54) is 0 Å². The fraction of sp³-hybridized carbons (Fsp3) is 0.0476. The van der Waals surface area contributed by atoms with Gasteiger partial charge in [-0.3, -0.25) is 0 Å². The maximum Gasteiger partial charge on any atom is 0.244 e. The summed E-state index contributed by atoms with van der Waals surface area (Å²) in [4.78, 5) is 9.16. The molecule has 1 heterocycles. The van der Waals surface area contributed by atoms with Crippen LogP contribution < -0.4 is 5.32 Å². The van der Waals surface area contributed by atoms with Crippen LogP contribution in [0.2, 0.25) is 0 Å². The highest BCUT2D eigenvalue weighted by atomic mass is 79.9. The van der Waals surface area contributed by atoms with Gasteiger partial charge in [-0.1, -0.05) is 82.7 Å². The molecule has 0 saturated carbocycles. The van der Waals surface area contributed by atoms with Gasteiger partial charge in [0, 0.05) is 21.3 Å². The van der Waals surface area contributed by atoms with Crippen LogP contribution in [0, 0.1) is 0 Å². The lowest BCUT2D eigenvalue weighted by Gasteiger charge is -2.23. The highest BCUT2D eigenvalue weighted by Crippen LogP contribution is 2.31. The predicted octanol–water partition coefficient (Wildman–Crippen LogP) is 4.57. The monoisotopic (exact) mass is 405 g/mol. The Labute approximate surface area is 160 Å². The molecular formula is C21H16BrN3O. The van der Waals surface area contributed by atoms with E-state index in [1.54, 1.807) is 0 Å². The Bertz CT molecular complexity index is 986. The molecule has 0 saturated heterocycles. The number of nitrogens with one attached hydrogen (secondary N) is 1. The van der Waals surface area contributed by atoms with Gasteiger partial charge < -0.3 is 10.4 Å². The lowest BCUT2D eigenvalue weighted by Crippen LogP contribution is -2.36. The van der Waals surface area contributed by atoms with Crippen molar-refractivity contribution < 1.29 is 5.11 Å². The van der Waals surface area contributed by atoms with Gasteiger partial charge in [-0.2, -0.15) is 0 Å². The van der Waals surface area contributed by atoms with Gasteiger partial charge in [0.25, 0.3) is 0 Å². The molecule has 26 heavy (non-hydrogen) atoms. The van der Waals surface area contributed by atoms with E-state index in [2.05, 4.69) is 31.2 Å². The second kappa shape index (κ2) is 6.86. The van der Waals surface area contributed by atoms with Gasteiger partial charge in [0.05, 0.1) is 0 Å². The van der Waals surface area contributed by atoms with Crippen LogP contribution in [0.25, 0.3) is 0 Å². The molecule has 0 fully saturated rings. The molecule has 3 aromatic rings. The van der Waals surface area contributed by atoms with Gasteiger partial charge >= 0.3 is 0 Å². The number of aliphatic hydroxyl groups is 1. The van der Waals surface area contributed by atoms with Gasteiger partial charge in [0.2, 0.25) is 5.72 Å². The van der Waals surface area contributed by atoms with Crippen LogP contribution in [-0.4, -0.2) is 16.8 Å². The summed E-state index contributed by atoms with van der Waals surface area (Å²) in [6.07, 6.45) is 0. The first-order valence-corrected chi connectivity index (χ1v) is 8.99. The third kappa shape index (κ3) is 3.19. The molecule has 4 rings (SSSR count). The Morgan fingerprint density at radius 3 is 2.23 bits per heavy atom. The van der Waals surface area contributed by atoms with Crippen LogP contribution in [0.3, 0.4) is 0 Å². The van der Waals surface area contributed by atoms with Crippen molar-refractivity contribution in [1.29, 1.82) is 0 Å². The van der Waals surface area contributed by atoms with E-state index >= 15 is 0 Å². The number of amidine groups is 2. The normalized spacial score (nSPS) is 19.0. The second-order valence-electron chi connectivity index (χ2n) is 5.94. The Morgan fingerprint density at radius 1 is 0.846 bits per heavy atom. The average molecular weight is 406 g/mol. The fourth-order valence-corrected chi connectivity index (χ4v) is 3.22. The molecule has 1 aliphatic heterocycles. The topological polar surface area (TPSA) is 57.0 Å². The minimum atomic E-state index is -1.56. The highest BCUT2D eigenvalue weighted by Gasteiger charge is 2.40. The number of aliphatic imine (C=N–C) groups is 2. The van der Waals surface area contributed by atoms with E-state index in [4.69, 9.17) is 0 Å². The van der Waals surface area contributed by atoms with Crippen molar-refractivity contribution in [2.24, 2.45) is 9.98 Å². The maximum absolute atomic E-state index is 11.4. The lowest BCUT2D eigenvalue weighted by atomic mass is 10.0. The van der Waals surface area contributed by atoms with Crippen LogP contribution in [0.5, 0.6) is 0 Å². The maximum atomic E-state index is 11.4. The van der Waals surface area contributed by atoms with E-state index in [0.29, 0.717) is 17.2 Å².